The fourth-order valence-corrected chi connectivity index (χ4v) is 4.46. The Labute approximate surface area is 154 Å². The van der Waals surface area contributed by atoms with E-state index in [1.54, 1.807) is 23.5 Å². The molecule has 0 saturated carbocycles. The van der Waals surface area contributed by atoms with Crippen LogP contribution in [0.5, 0.6) is 0 Å². The zero-order valence-electron chi connectivity index (χ0n) is 14.9. The summed E-state index contributed by atoms with van der Waals surface area (Å²) in [5, 5.41) is 18.8. The van der Waals surface area contributed by atoms with Gasteiger partial charge in [0.25, 0.3) is 0 Å². The molecule has 26 heavy (non-hydrogen) atoms. The van der Waals surface area contributed by atoms with Gasteiger partial charge in [-0.3, -0.25) is 9.56 Å². The number of aryl methyl sites for hydroxylation is 2. The van der Waals surface area contributed by atoms with Crippen molar-refractivity contribution in [2.45, 2.75) is 33.7 Å². The number of aliphatic imine (C=N–C) groups is 1. The van der Waals surface area contributed by atoms with Crippen molar-refractivity contribution in [2.24, 2.45) is 4.99 Å². The fourth-order valence-electron chi connectivity index (χ4n) is 3.25. The average Bonchev–Trinajstić information content (AvgIpc) is 3.09. The van der Waals surface area contributed by atoms with Crippen LogP contribution in [0.4, 0.5) is 0 Å². The van der Waals surface area contributed by atoms with Crippen LogP contribution >= 0.6 is 11.3 Å². The molecule has 7 heteroatoms. The summed E-state index contributed by atoms with van der Waals surface area (Å²) in [4.78, 5) is 17.3. The Balaban J connectivity index is 1.98. The Hall–Kier alpha value is -2.80. The lowest BCUT2D eigenvalue weighted by molar-refractivity contribution is 0.0697. The molecule has 1 aromatic carbocycles. The minimum absolute atomic E-state index is 0.148. The van der Waals surface area contributed by atoms with Gasteiger partial charge in [-0.1, -0.05) is 12.1 Å². The molecule has 1 aliphatic heterocycles. The van der Waals surface area contributed by atoms with E-state index in [9.17, 15) is 4.79 Å². The number of aromatic nitrogens is 3. The number of carbonyl (C=O) groups is 1. The Kier molecular flexibility index (Phi) is 3.77. The number of carboxylic acids is 1. The van der Waals surface area contributed by atoms with E-state index in [1.165, 1.54) is 10.4 Å². The lowest BCUT2D eigenvalue weighted by atomic mass is 9.99. The third-order valence-corrected chi connectivity index (χ3v) is 5.95. The van der Waals surface area contributed by atoms with Gasteiger partial charge >= 0.3 is 5.97 Å². The first-order valence-electron chi connectivity index (χ1n) is 8.32. The number of nitrogens with zero attached hydrogens (tertiary/aromatic N) is 4. The first-order valence-corrected chi connectivity index (χ1v) is 9.14. The number of hydrogen-bond donors (Lipinski definition) is 1. The average molecular weight is 366 g/mol. The minimum atomic E-state index is -0.933. The number of benzene rings is 1. The summed E-state index contributed by atoms with van der Waals surface area (Å²) in [6, 6.07) is 6.74. The maximum absolute atomic E-state index is 11.2. The molecule has 1 N–H and O–H groups in total. The van der Waals surface area contributed by atoms with Gasteiger partial charge in [0, 0.05) is 16.0 Å². The Bertz CT molecular complexity index is 1060. The molecule has 0 aliphatic carbocycles. The number of rotatable bonds is 2. The molecule has 0 spiro atoms. The Morgan fingerprint density at radius 2 is 1.85 bits per heavy atom. The zero-order chi connectivity index (χ0) is 18.6. The number of aromatic carboxylic acids is 1. The van der Waals surface area contributed by atoms with E-state index in [2.05, 4.69) is 28.6 Å². The smallest absolute Gasteiger partial charge is 0.335 e. The van der Waals surface area contributed by atoms with E-state index >= 15 is 0 Å². The van der Waals surface area contributed by atoms with Gasteiger partial charge in [-0.25, -0.2) is 4.79 Å². The largest absolute Gasteiger partial charge is 0.478 e. The van der Waals surface area contributed by atoms with Crippen molar-refractivity contribution in [1.29, 1.82) is 0 Å². The zero-order valence-corrected chi connectivity index (χ0v) is 15.8. The third kappa shape index (κ3) is 2.39. The second-order valence-corrected chi connectivity index (χ2v) is 7.64. The van der Waals surface area contributed by atoms with Crippen molar-refractivity contribution in [3.8, 4) is 5.00 Å². The predicted octanol–water partition coefficient (Wildman–Crippen LogP) is 3.86. The summed E-state index contributed by atoms with van der Waals surface area (Å²) in [6.07, 6.45) is 0. The summed E-state index contributed by atoms with van der Waals surface area (Å²) < 4.78 is 2.09. The molecule has 0 radical (unpaired) electrons. The van der Waals surface area contributed by atoms with Gasteiger partial charge in [0.15, 0.2) is 5.82 Å². The van der Waals surface area contributed by atoms with Crippen LogP contribution in [0.15, 0.2) is 29.3 Å². The maximum Gasteiger partial charge on any atom is 0.335 e. The van der Waals surface area contributed by atoms with E-state index in [0.29, 0.717) is 0 Å². The minimum Gasteiger partial charge on any atom is -0.478 e. The highest BCUT2D eigenvalue weighted by Crippen LogP contribution is 2.38. The summed E-state index contributed by atoms with van der Waals surface area (Å²) in [5.41, 5.74) is 4.29. The molecule has 0 bridgehead atoms. The number of hydrogen-bond acceptors (Lipinski definition) is 5. The topological polar surface area (TPSA) is 80.4 Å². The van der Waals surface area contributed by atoms with Crippen molar-refractivity contribution < 1.29 is 9.90 Å². The molecule has 0 amide bonds. The number of fused-ring (bicyclic) bond motifs is 3. The normalized spacial score (nSPS) is 15.8. The maximum atomic E-state index is 11.2. The van der Waals surface area contributed by atoms with Gasteiger partial charge in [0.05, 0.1) is 11.3 Å². The summed E-state index contributed by atoms with van der Waals surface area (Å²) in [6.45, 7) is 8.15. The van der Waals surface area contributed by atoms with Gasteiger partial charge in [0.2, 0.25) is 0 Å². The summed E-state index contributed by atoms with van der Waals surface area (Å²) in [5.74, 6) is 0.729. The first kappa shape index (κ1) is 16.7. The van der Waals surface area contributed by atoms with Crippen molar-refractivity contribution in [3.05, 3.63) is 63.0 Å². The van der Waals surface area contributed by atoms with Crippen LogP contribution in [0.3, 0.4) is 0 Å². The second-order valence-electron chi connectivity index (χ2n) is 6.44. The van der Waals surface area contributed by atoms with Crippen molar-refractivity contribution >= 4 is 23.0 Å². The standard InChI is InChI=1S/C19H18N4O2S/c1-9-11(3)26-18-15(9)16(13-5-7-14(8-6-13)19(24)25)20-10(2)17-22-21-12(4)23(17)18/h5-8,10H,1-4H3,(H,24,25). The number of thiophene rings is 1. The molecular weight excluding hydrogens is 348 g/mol. The van der Waals surface area contributed by atoms with Crippen LogP contribution in [0, 0.1) is 20.8 Å². The molecule has 0 saturated heterocycles. The lowest BCUT2D eigenvalue weighted by Gasteiger charge is -2.09. The highest BCUT2D eigenvalue weighted by molar-refractivity contribution is 7.15. The van der Waals surface area contributed by atoms with Crippen LogP contribution in [-0.2, 0) is 0 Å². The van der Waals surface area contributed by atoms with Crippen molar-refractivity contribution in [3.63, 3.8) is 0 Å². The third-order valence-electron chi connectivity index (χ3n) is 4.76. The molecule has 132 valence electrons. The molecule has 1 aliphatic rings. The highest BCUT2D eigenvalue weighted by Gasteiger charge is 2.29. The molecule has 0 fully saturated rings. The van der Waals surface area contributed by atoms with Crippen LogP contribution in [0.1, 0.15) is 56.5 Å². The van der Waals surface area contributed by atoms with Gasteiger partial charge in [-0.05, 0) is 45.4 Å². The molecule has 1 atom stereocenters. The molecule has 4 rings (SSSR count). The molecule has 2 aromatic heterocycles. The van der Waals surface area contributed by atoms with Gasteiger partial charge < -0.3 is 5.11 Å². The van der Waals surface area contributed by atoms with Crippen LogP contribution in [0.2, 0.25) is 0 Å². The van der Waals surface area contributed by atoms with Crippen LogP contribution in [0.25, 0.3) is 5.00 Å². The Morgan fingerprint density at radius 3 is 2.50 bits per heavy atom. The van der Waals surface area contributed by atoms with E-state index in [0.717, 1.165) is 33.5 Å². The quantitative estimate of drug-likeness (QED) is 0.747. The van der Waals surface area contributed by atoms with E-state index in [-0.39, 0.29) is 11.6 Å². The second kappa shape index (κ2) is 5.88. The highest BCUT2D eigenvalue weighted by atomic mass is 32.1. The summed E-state index contributed by atoms with van der Waals surface area (Å²) in [7, 11) is 0. The molecular formula is C19H18N4O2S. The van der Waals surface area contributed by atoms with Crippen molar-refractivity contribution in [2.75, 3.05) is 0 Å². The van der Waals surface area contributed by atoms with Crippen LogP contribution in [-0.4, -0.2) is 31.6 Å². The summed E-state index contributed by atoms with van der Waals surface area (Å²) >= 11 is 1.71. The first-order chi connectivity index (χ1) is 12.4. The van der Waals surface area contributed by atoms with Crippen molar-refractivity contribution in [1.82, 2.24) is 14.8 Å². The monoisotopic (exact) mass is 366 g/mol. The van der Waals surface area contributed by atoms with E-state index < -0.39 is 5.97 Å². The molecule has 6 nitrogen and oxygen atoms in total. The SMILES string of the molecule is Cc1sc2c(c1C)C(c1ccc(C(=O)O)cc1)=NC(C)c1nnc(C)n1-2. The molecule has 3 aromatic rings. The number of carboxylic acid groups (broad SMARTS) is 1. The molecule has 3 heterocycles. The predicted molar refractivity (Wildman–Crippen MR) is 101 cm³/mol. The van der Waals surface area contributed by atoms with Crippen LogP contribution < -0.4 is 0 Å². The van der Waals surface area contributed by atoms with Gasteiger partial charge in [0.1, 0.15) is 16.9 Å². The van der Waals surface area contributed by atoms with Gasteiger partial charge in [-0.2, -0.15) is 0 Å². The lowest BCUT2D eigenvalue weighted by Crippen LogP contribution is -2.08. The van der Waals surface area contributed by atoms with E-state index in [1.807, 2.05) is 26.0 Å². The Morgan fingerprint density at radius 1 is 1.15 bits per heavy atom. The molecule has 1 unspecified atom stereocenters. The van der Waals surface area contributed by atoms with E-state index in [4.69, 9.17) is 10.1 Å². The fraction of sp³-hybridized carbons (Fsp3) is 0.263. The van der Waals surface area contributed by atoms with Gasteiger partial charge in [-0.15, -0.1) is 21.5 Å².